The second-order valence-corrected chi connectivity index (χ2v) is 15.1. The quantitative estimate of drug-likeness (QED) is 0.240. The van der Waals surface area contributed by atoms with Gasteiger partial charge in [0, 0.05) is 19.0 Å². The second kappa shape index (κ2) is 11.9. The molecule has 0 unspecified atom stereocenters. The smallest absolute Gasteiger partial charge is 0.449 e. The second-order valence-electron chi connectivity index (χ2n) is 15.1. The molecule has 1 N–H and O–H groups in total. The Morgan fingerprint density at radius 2 is 1.95 bits per heavy atom. The van der Waals surface area contributed by atoms with Gasteiger partial charge in [-0.15, -0.1) is 0 Å². The zero-order valence-electron chi connectivity index (χ0n) is 26.9. The van der Waals surface area contributed by atoms with Crippen molar-refractivity contribution in [3.8, 4) is 0 Å². The van der Waals surface area contributed by atoms with Gasteiger partial charge in [0.1, 0.15) is 0 Å². The van der Waals surface area contributed by atoms with Gasteiger partial charge in [0.05, 0.1) is 30.8 Å². The van der Waals surface area contributed by atoms with Crippen LogP contribution in [0.4, 0.5) is 4.79 Å². The van der Waals surface area contributed by atoms with Crippen LogP contribution in [0.2, 0.25) is 0 Å². The highest BCUT2D eigenvalue weighted by molar-refractivity contribution is 6.47. The number of allylic oxidation sites excluding steroid dienone is 1. The molecule has 0 aromatic heterocycles. The Kier molecular flexibility index (Phi) is 8.77. The maximum absolute atomic E-state index is 13.2. The lowest BCUT2D eigenvalue weighted by Crippen LogP contribution is -2.65. The first-order valence-electron chi connectivity index (χ1n) is 15.9. The van der Waals surface area contributed by atoms with Gasteiger partial charge in [0.2, 0.25) is 5.70 Å². The van der Waals surface area contributed by atoms with E-state index < -0.39 is 19.2 Å². The normalized spacial score (nSPS) is 30.5. The number of carbonyl (C=O) groups is 2. The van der Waals surface area contributed by atoms with Crippen LogP contribution in [-0.4, -0.2) is 61.4 Å². The standard InChI is InChI=1S/C34H48BN3O5/c1-22-11-13-23(14-12-22)16-29(35-42-28-18-25-17-27(33(25,5)6)34(28,7)43-35)37-31(40)41-21-24-10-9-15-38(20-24)30(39)26(36-8)19-32(2,3)4/h11-14,19,24-25,27-29H,9-10,15-18,20-21H2,1-7H3,(H,37,40)/t24-,25-,27-,28+,29-,34-/m0/s1. The van der Waals surface area contributed by atoms with Crippen LogP contribution in [0.5, 0.6) is 0 Å². The van der Waals surface area contributed by atoms with Gasteiger partial charge in [-0.3, -0.25) is 4.79 Å². The summed E-state index contributed by atoms with van der Waals surface area (Å²) < 4.78 is 19.0. The number of nitrogens with zero attached hydrogens (tertiary/aromatic N) is 2. The minimum atomic E-state index is -0.566. The van der Waals surface area contributed by atoms with Crippen molar-refractivity contribution in [2.24, 2.45) is 28.6 Å². The number of rotatable bonds is 7. The van der Waals surface area contributed by atoms with Crippen LogP contribution in [0.3, 0.4) is 0 Å². The molecule has 2 aliphatic heterocycles. The van der Waals surface area contributed by atoms with E-state index in [9.17, 15) is 9.59 Å². The Bertz CT molecular complexity index is 1280. The number of nitrogens with one attached hydrogen (secondary N) is 1. The fraction of sp³-hybridized carbons (Fsp3) is 0.676. The minimum absolute atomic E-state index is 0.00964. The Labute approximate surface area is 257 Å². The third-order valence-electron chi connectivity index (χ3n) is 10.3. The first kappa shape index (κ1) is 31.6. The van der Waals surface area contributed by atoms with Crippen LogP contribution in [0.25, 0.3) is 4.85 Å². The molecule has 2 saturated heterocycles. The number of benzene rings is 1. The number of carbonyl (C=O) groups excluding carboxylic acids is 2. The summed E-state index contributed by atoms with van der Waals surface area (Å²) in [6, 6.07) is 8.31. The van der Waals surface area contributed by atoms with E-state index in [4.69, 9.17) is 20.6 Å². The topological polar surface area (TPSA) is 81.5 Å². The van der Waals surface area contributed by atoms with Gasteiger partial charge in [-0.05, 0) is 74.2 Å². The molecule has 8 nitrogen and oxygen atoms in total. The van der Waals surface area contributed by atoms with Gasteiger partial charge in [0.15, 0.2) is 0 Å². The molecule has 6 atom stereocenters. The predicted molar refractivity (Wildman–Crippen MR) is 167 cm³/mol. The summed E-state index contributed by atoms with van der Waals surface area (Å²) in [6.07, 6.45) is 5.61. The molecule has 2 heterocycles. The summed E-state index contributed by atoms with van der Waals surface area (Å²) in [6.45, 7) is 23.6. The number of hydrogen-bond donors (Lipinski definition) is 1. The van der Waals surface area contributed by atoms with E-state index in [2.05, 4.69) is 62.1 Å². The molecule has 6 rings (SSSR count). The van der Waals surface area contributed by atoms with Crippen LogP contribution >= 0.6 is 0 Å². The summed E-state index contributed by atoms with van der Waals surface area (Å²) in [7, 11) is -0.566. The van der Waals surface area contributed by atoms with Crippen LogP contribution in [0.15, 0.2) is 36.0 Å². The lowest BCUT2D eigenvalue weighted by molar-refractivity contribution is -0.199. The summed E-state index contributed by atoms with van der Waals surface area (Å²) in [5.41, 5.74) is 2.02. The van der Waals surface area contributed by atoms with Crippen LogP contribution < -0.4 is 5.32 Å². The summed E-state index contributed by atoms with van der Waals surface area (Å²) in [4.78, 5) is 31.5. The van der Waals surface area contributed by atoms with Crippen LogP contribution in [-0.2, 0) is 25.3 Å². The van der Waals surface area contributed by atoms with E-state index in [1.54, 1.807) is 11.0 Å². The van der Waals surface area contributed by atoms with Gasteiger partial charge < -0.3 is 24.3 Å². The van der Waals surface area contributed by atoms with E-state index in [0.29, 0.717) is 31.3 Å². The maximum atomic E-state index is 13.2. The Morgan fingerprint density at radius 1 is 1.23 bits per heavy atom. The van der Waals surface area contributed by atoms with Crippen molar-refractivity contribution in [2.75, 3.05) is 19.7 Å². The van der Waals surface area contributed by atoms with Crippen molar-refractivity contribution in [2.45, 2.75) is 98.2 Å². The number of amides is 2. The lowest BCUT2D eigenvalue weighted by Gasteiger charge is -2.64. The average Bonchev–Trinajstić information content (AvgIpc) is 3.32. The van der Waals surface area contributed by atoms with Crippen molar-refractivity contribution in [3.63, 3.8) is 0 Å². The summed E-state index contributed by atoms with van der Waals surface area (Å²) in [5, 5.41) is 3.08. The maximum Gasteiger partial charge on any atom is 0.482 e. The molecule has 3 aliphatic carbocycles. The summed E-state index contributed by atoms with van der Waals surface area (Å²) in [5.74, 6) is 0.424. The van der Waals surface area contributed by atoms with E-state index in [1.165, 1.54) is 12.0 Å². The number of aryl methyl sites for hydroxylation is 1. The minimum Gasteiger partial charge on any atom is -0.449 e. The molecule has 1 aromatic carbocycles. The highest BCUT2D eigenvalue weighted by atomic mass is 16.7. The van der Waals surface area contributed by atoms with Gasteiger partial charge in [0.25, 0.3) is 5.91 Å². The zero-order valence-corrected chi connectivity index (χ0v) is 26.9. The molecule has 232 valence electrons. The molecule has 9 heteroatoms. The zero-order chi connectivity index (χ0) is 31.2. The number of ether oxygens (including phenoxy) is 1. The van der Waals surface area contributed by atoms with Crippen molar-refractivity contribution >= 4 is 19.1 Å². The largest absolute Gasteiger partial charge is 0.482 e. The average molecular weight is 590 g/mol. The Hall–Kier alpha value is -2.83. The number of hydrogen-bond acceptors (Lipinski definition) is 5. The molecule has 3 saturated carbocycles. The SMILES string of the molecule is [C-]#[N+]C(=CC(C)(C)C)C(=O)N1CCC[C@H](COC(=O)N[C@@H](Cc2ccc(C)cc2)B2O[C@@H]3C[C@@H]4C[C@@H](C4(C)C)[C@]3(C)O2)C1. The fourth-order valence-corrected chi connectivity index (χ4v) is 7.75. The van der Waals surface area contributed by atoms with Crippen molar-refractivity contribution in [1.82, 2.24) is 10.2 Å². The molecule has 5 fully saturated rings. The summed E-state index contributed by atoms with van der Waals surface area (Å²) >= 11 is 0. The number of piperidine rings is 1. The van der Waals surface area contributed by atoms with E-state index in [1.807, 2.05) is 20.8 Å². The molecule has 2 bridgehead atoms. The third kappa shape index (κ3) is 6.66. The fourth-order valence-electron chi connectivity index (χ4n) is 7.75. The monoisotopic (exact) mass is 589 g/mol. The first-order valence-corrected chi connectivity index (χ1v) is 15.9. The molecular weight excluding hydrogens is 541 g/mol. The van der Waals surface area contributed by atoms with Crippen LogP contribution in [0.1, 0.15) is 78.4 Å². The molecular formula is C34H48BN3O5. The Balaban J connectivity index is 1.22. The lowest BCUT2D eigenvalue weighted by atomic mass is 9.43. The molecule has 0 spiro atoms. The Morgan fingerprint density at radius 3 is 2.60 bits per heavy atom. The first-order chi connectivity index (χ1) is 20.2. The number of alkyl carbamates (subject to hydrolysis) is 1. The molecule has 2 amide bonds. The van der Waals surface area contributed by atoms with Crippen LogP contribution in [0, 0.1) is 42.1 Å². The predicted octanol–water partition coefficient (Wildman–Crippen LogP) is 5.99. The van der Waals surface area contributed by atoms with Gasteiger partial charge in [-0.2, -0.15) is 0 Å². The highest BCUT2D eigenvalue weighted by Crippen LogP contribution is 2.65. The van der Waals surface area contributed by atoms with Gasteiger partial charge in [-0.1, -0.05) is 70.5 Å². The van der Waals surface area contributed by atoms with Crippen molar-refractivity contribution in [1.29, 1.82) is 0 Å². The highest BCUT2D eigenvalue weighted by Gasteiger charge is 2.68. The van der Waals surface area contributed by atoms with E-state index in [-0.39, 0.29) is 46.7 Å². The molecule has 0 radical (unpaired) electrons. The molecule has 43 heavy (non-hydrogen) atoms. The molecule has 1 aromatic rings. The van der Waals surface area contributed by atoms with Crippen molar-refractivity contribution < 1.29 is 23.6 Å². The third-order valence-corrected chi connectivity index (χ3v) is 10.3. The van der Waals surface area contributed by atoms with Gasteiger partial charge >= 0.3 is 13.2 Å². The van der Waals surface area contributed by atoms with Crippen molar-refractivity contribution in [3.05, 3.63) is 58.6 Å². The molecule has 5 aliphatic rings. The van der Waals surface area contributed by atoms with E-state index in [0.717, 1.165) is 24.8 Å². The van der Waals surface area contributed by atoms with E-state index >= 15 is 0 Å². The van der Waals surface area contributed by atoms with Gasteiger partial charge in [-0.25, -0.2) is 9.64 Å². The number of likely N-dealkylation sites (tertiary alicyclic amines) is 1.